The minimum atomic E-state index is -5.73. The van der Waals surface area contributed by atoms with Gasteiger partial charge in [0.1, 0.15) is 17.1 Å². The summed E-state index contributed by atoms with van der Waals surface area (Å²) in [6, 6.07) is 1.69. The Hall–Kier alpha value is -1.50. The molecule has 0 aliphatic heterocycles. The van der Waals surface area contributed by atoms with Crippen molar-refractivity contribution in [1.29, 1.82) is 0 Å². The number of phosphoric acid groups is 4. The van der Waals surface area contributed by atoms with Crippen LogP contribution >= 0.6 is 31.3 Å². The molecule has 44 heavy (non-hydrogen) atoms. The molecule has 1 aromatic carbocycles. The quantitative estimate of drug-likeness (QED) is 0.0972. The van der Waals surface area contributed by atoms with Gasteiger partial charge in [0.25, 0.3) is 5.91 Å². The Balaban J connectivity index is 0.00000675. The van der Waals surface area contributed by atoms with E-state index < -0.39 is 71.6 Å². The van der Waals surface area contributed by atoms with Crippen molar-refractivity contribution >= 4 is 74.9 Å². The van der Waals surface area contributed by atoms with Crippen molar-refractivity contribution in [2.45, 2.75) is 33.6 Å². The van der Waals surface area contributed by atoms with E-state index in [-0.39, 0.29) is 67.1 Å². The van der Waals surface area contributed by atoms with Gasteiger partial charge in [0, 0.05) is 19.5 Å². The number of rotatable bonds is 13. The fourth-order valence-electron chi connectivity index (χ4n) is 3.39. The number of aromatic nitrogens is 3. The molecule has 2 atom stereocenters. The topological polar surface area (TPSA) is 321 Å². The molecule has 0 fully saturated rings. The minimum absolute atomic E-state index is 0. The number of nitrogens with zero attached hydrogens (tertiary/aromatic N) is 3. The van der Waals surface area contributed by atoms with Crippen LogP contribution < -0.4 is 14.4 Å². The molecule has 0 saturated carbocycles. The number of carbonyl (C=O) groups is 1. The number of carbonyl (C=O) groups excluding carboxylic acids is 1. The summed E-state index contributed by atoms with van der Waals surface area (Å²) in [5.41, 5.74) is -1.11. The standard InChI is InChI=1S/C18H24N4O17P4.Ca.2H/c1-5-19-18(23)15-14(17-20-9(4)34-22-17)16(35-21-15)11-6-10(8(2)3)12(36-42(30,31)38-40(24,25)26)7-13(11)37-43(32,33)39-41(27,28)29;;;/h6-8H,5H2,1-4H3,(H,19,23)(H,30,31)(H,32,33)(H2,24,25,26)(H2,27,28,29);;;. The van der Waals surface area contributed by atoms with Crippen LogP contribution in [0.25, 0.3) is 22.7 Å². The van der Waals surface area contributed by atoms with Crippen molar-refractivity contribution < 1.29 is 79.1 Å². The molecule has 0 radical (unpaired) electrons. The van der Waals surface area contributed by atoms with Crippen molar-refractivity contribution in [3.8, 4) is 34.2 Å². The van der Waals surface area contributed by atoms with Crippen molar-refractivity contribution in [2.24, 2.45) is 0 Å². The van der Waals surface area contributed by atoms with Crippen molar-refractivity contribution in [2.75, 3.05) is 6.54 Å². The van der Waals surface area contributed by atoms with Gasteiger partial charge in [0.2, 0.25) is 11.7 Å². The van der Waals surface area contributed by atoms with E-state index >= 15 is 0 Å². The average Bonchev–Trinajstić information content (AvgIpc) is 3.41. The molecule has 0 bridgehead atoms. The Morgan fingerprint density at radius 2 is 1.45 bits per heavy atom. The summed E-state index contributed by atoms with van der Waals surface area (Å²) >= 11 is 0. The van der Waals surface area contributed by atoms with E-state index in [9.17, 15) is 32.8 Å². The second-order valence-corrected chi connectivity index (χ2v) is 14.0. The molecule has 2 unspecified atom stereocenters. The summed E-state index contributed by atoms with van der Waals surface area (Å²) in [5.74, 6) is -3.74. The molecule has 2 aromatic heterocycles. The van der Waals surface area contributed by atoms with Gasteiger partial charge in [-0.15, -0.1) is 0 Å². The van der Waals surface area contributed by atoms with Crippen LogP contribution in [0.15, 0.2) is 21.2 Å². The number of nitrogens with one attached hydrogen (secondary N) is 1. The molecule has 26 heteroatoms. The van der Waals surface area contributed by atoms with Crippen LogP contribution in [0.5, 0.6) is 11.5 Å². The fraction of sp³-hybridized carbons (Fsp3) is 0.333. The van der Waals surface area contributed by atoms with E-state index in [1.165, 1.54) is 20.8 Å². The number of amides is 1. The Morgan fingerprint density at radius 1 is 0.909 bits per heavy atom. The van der Waals surface area contributed by atoms with Crippen LogP contribution in [0, 0.1) is 6.92 Å². The van der Waals surface area contributed by atoms with Gasteiger partial charge in [-0.05, 0) is 24.5 Å². The number of hydrogen-bond donors (Lipinski definition) is 7. The van der Waals surface area contributed by atoms with Gasteiger partial charge in [-0.25, -0.2) is 18.3 Å². The van der Waals surface area contributed by atoms with Gasteiger partial charge in [-0.1, -0.05) is 24.2 Å². The molecule has 7 N–H and O–H groups in total. The summed E-state index contributed by atoms with van der Waals surface area (Å²) in [5, 5.41) is 9.93. The molecule has 3 aromatic rings. The fourth-order valence-corrected chi connectivity index (χ4v) is 6.62. The van der Waals surface area contributed by atoms with E-state index in [2.05, 4.69) is 29.2 Å². The first-order valence-electron chi connectivity index (χ1n) is 11.5. The second kappa shape index (κ2) is 14.5. The SMILES string of the molecule is CCNC(=O)c1noc(-c2cc(C(C)C)c(OP(=O)(O)OP(=O)(O)O)cc2OP(=O)(O)OP(=O)(O)O)c1-c1noc(C)n1.[CaH2]. The molecule has 0 spiro atoms. The van der Waals surface area contributed by atoms with Gasteiger partial charge in [-0.2, -0.15) is 13.6 Å². The third-order valence-electron chi connectivity index (χ3n) is 4.82. The molecule has 21 nitrogen and oxygen atoms in total. The van der Waals surface area contributed by atoms with Crippen LogP contribution in [0.3, 0.4) is 0 Å². The first-order valence-corrected chi connectivity index (χ1v) is 17.5. The predicted octanol–water partition coefficient (Wildman–Crippen LogP) is 1.83. The third-order valence-corrected chi connectivity index (χ3v) is 9.03. The van der Waals surface area contributed by atoms with Crippen LogP contribution in [0.4, 0.5) is 0 Å². The van der Waals surface area contributed by atoms with Crippen molar-refractivity contribution in [1.82, 2.24) is 20.6 Å². The van der Waals surface area contributed by atoms with Crippen molar-refractivity contribution in [3.63, 3.8) is 0 Å². The molecule has 0 aliphatic rings. The molecule has 242 valence electrons. The number of aryl methyl sites for hydroxylation is 1. The zero-order valence-corrected chi connectivity index (χ0v) is 25.8. The number of phosphoric ester groups is 2. The zero-order chi connectivity index (χ0) is 32.5. The molecular weight excluding hydrogens is 708 g/mol. The summed E-state index contributed by atoms with van der Waals surface area (Å²) in [6.07, 6.45) is 0. The molecule has 0 saturated heterocycles. The van der Waals surface area contributed by atoms with E-state index in [1.807, 2.05) is 0 Å². The van der Waals surface area contributed by atoms with E-state index in [1.54, 1.807) is 6.92 Å². The molecule has 2 heterocycles. The first kappa shape index (κ1) is 38.7. The summed E-state index contributed by atoms with van der Waals surface area (Å²) < 4.78 is 75.0. The van der Waals surface area contributed by atoms with Crippen LogP contribution in [-0.4, -0.2) is 94.8 Å². The second-order valence-electron chi connectivity index (χ2n) is 8.54. The number of benzene rings is 1. The van der Waals surface area contributed by atoms with Gasteiger partial charge < -0.3 is 43.0 Å². The van der Waals surface area contributed by atoms with Crippen molar-refractivity contribution in [3.05, 3.63) is 29.3 Å². The molecule has 0 aliphatic carbocycles. The van der Waals surface area contributed by atoms with E-state index in [4.69, 9.17) is 37.7 Å². The van der Waals surface area contributed by atoms with Gasteiger partial charge in [0.15, 0.2) is 11.5 Å². The normalized spacial score (nSPS) is 14.8. The van der Waals surface area contributed by atoms with Crippen LogP contribution in [-0.2, 0) is 26.9 Å². The third kappa shape index (κ3) is 10.5. The number of hydrogen-bond acceptors (Lipinski definition) is 14. The van der Waals surface area contributed by atoms with Gasteiger partial charge in [0.05, 0.1) is 5.56 Å². The summed E-state index contributed by atoms with van der Waals surface area (Å²) in [6.45, 7) is 6.22. The molecule has 3 rings (SSSR count). The Kier molecular flexibility index (Phi) is 12.8. The predicted molar refractivity (Wildman–Crippen MR) is 148 cm³/mol. The van der Waals surface area contributed by atoms with E-state index in [0.29, 0.717) is 6.07 Å². The molecular formula is C18H26CaN4O17P4. The zero-order valence-electron chi connectivity index (χ0n) is 22.2. The maximum absolute atomic E-state index is 12.8. The Bertz CT molecular complexity index is 1710. The first-order chi connectivity index (χ1) is 19.6. The Labute approximate surface area is 276 Å². The monoisotopic (exact) mass is 734 g/mol. The summed E-state index contributed by atoms with van der Waals surface area (Å²) in [7, 11) is -22.6. The average molecular weight is 734 g/mol. The van der Waals surface area contributed by atoms with Gasteiger partial charge in [-0.3, -0.25) is 14.6 Å². The van der Waals surface area contributed by atoms with Crippen LogP contribution in [0.2, 0.25) is 0 Å². The maximum atomic E-state index is 12.8. The Morgan fingerprint density at radius 3 is 1.91 bits per heavy atom. The molecule has 1 amide bonds. The van der Waals surface area contributed by atoms with Gasteiger partial charge >= 0.3 is 69.0 Å². The van der Waals surface area contributed by atoms with Crippen LogP contribution in [0.1, 0.15) is 48.6 Å². The van der Waals surface area contributed by atoms with E-state index in [0.717, 1.165) is 6.07 Å². The summed E-state index contributed by atoms with van der Waals surface area (Å²) in [4.78, 5) is 72.8.